The van der Waals surface area contributed by atoms with Gasteiger partial charge in [-0.05, 0) is 24.6 Å². The first-order valence-electron chi connectivity index (χ1n) is 7.61. The fraction of sp³-hybridized carbons (Fsp3) is 0.438. The Morgan fingerprint density at radius 2 is 1.96 bits per heavy atom. The molecule has 0 aliphatic carbocycles. The molecule has 23 heavy (non-hydrogen) atoms. The van der Waals surface area contributed by atoms with E-state index in [1.807, 2.05) is 19.1 Å². The van der Waals surface area contributed by atoms with Gasteiger partial charge < -0.3 is 10.0 Å². The van der Waals surface area contributed by atoms with Crippen molar-refractivity contribution >= 4 is 16.7 Å². The van der Waals surface area contributed by atoms with Crippen LogP contribution in [0.2, 0.25) is 0 Å². The summed E-state index contributed by atoms with van der Waals surface area (Å²) in [6.07, 6.45) is -0.530. The number of hydrogen-bond acceptors (Lipinski definition) is 7. The minimum Gasteiger partial charge on any atom is -0.387 e. The average Bonchev–Trinajstić information content (AvgIpc) is 3.02. The molecule has 0 radical (unpaired) electrons. The van der Waals surface area contributed by atoms with Crippen LogP contribution in [-0.4, -0.2) is 52.1 Å². The standard InChI is InChI=1S/C16H19N5OS/c1-12-18-16(23-19-12)21-8-6-20(7-9-21)11-15(22)14-4-2-13(10-17)3-5-14/h2-5,15,22H,6-9,11H2,1H3. The van der Waals surface area contributed by atoms with E-state index in [1.165, 1.54) is 11.5 Å². The van der Waals surface area contributed by atoms with Gasteiger partial charge in [0.15, 0.2) is 0 Å². The lowest BCUT2D eigenvalue weighted by Crippen LogP contribution is -2.47. The maximum Gasteiger partial charge on any atom is 0.205 e. The van der Waals surface area contributed by atoms with Crippen LogP contribution in [0.25, 0.3) is 0 Å². The largest absolute Gasteiger partial charge is 0.387 e. The number of nitrogens with zero attached hydrogens (tertiary/aromatic N) is 5. The van der Waals surface area contributed by atoms with Crippen LogP contribution >= 0.6 is 11.5 Å². The number of aliphatic hydroxyl groups is 1. The number of aromatic nitrogens is 2. The van der Waals surface area contributed by atoms with Gasteiger partial charge in [0.2, 0.25) is 5.13 Å². The van der Waals surface area contributed by atoms with E-state index in [0.717, 1.165) is 42.7 Å². The van der Waals surface area contributed by atoms with Gasteiger partial charge in [0.05, 0.1) is 17.7 Å². The average molecular weight is 329 g/mol. The topological polar surface area (TPSA) is 76.3 Å². The first kappa shape index (κ1) is 15.9. The normalized spacial score (nSPS) is 17.0. The van der Waals surface area contributed by atoms with Gasteiger partial charge in [-0.15, -0.1) is 0 Å². The van der Waals surface area contributed by atoms with E-state index in [9.17, 15) is 5.11 Å². The minimum absolute atomic E-state index is 0.530. The fourth-order valence-corrected chi connectivity index (χ4v) is 3.39. The molecule has 7 heteroatoms. The highest BCUT2D eigenvalue weighted by molar-refractivity contribution is 7.09. The van der Waals surface area contributed by atoms with E-state index in [1.54, 1.807) is 12.1 Å². The third-order valence-corrected chi connectivity index (χ3v) is 4.88. The second-order valence-electron chi connectivity index (χ2n) is 5.66. The van der Waals surface area contributed by atoms with Crippen molar-refractivity contribution < 1.29 is 5.11 Å². The van der Waals surface area contributed by atoms with Gasteiger partial charge in [-0.3, -0.25) is 4.90 Å². The van der Waals surface area contributed by atoms with Crippen molar-refractivity contribution in [2.75, 3.05) is 37.6 Å². The third kappa shape index (κ3) is 3.85. The molecule has 120 valence electrons. The zero-order chi connectivity index (χ0) is 16.2. The molecule has 1 aliphatic heterocycles. The maximum absolute atomic E-state index is 10.4. The highest BCUT2D eigenvalue weighted by Gasteiger charge is 2.21. The summed E-state index contributed by atoms with van der Waals surface area (Å²) in [5, 5.41) is 20.2. The molecule has 2 heterocycles. The quantitative estimate of drug-likeness (QED) is 0.918. The first-order valence-corrected chi connectivity index (χ1v) is 8.39. The van der Waals surface area contributed by atoms with Crippen LogP contribution in [0.15, 0.2) is 24.3 Å². The van der Waals surface area contributed by atoms with Gasteiger partial charge in [0, 0.05) is 44.3 Å². The van der Waals surface area contributed by atoms with Crippen molar-refractivity contribution in [3.05, 3.63) is 41.2 Å². The molecule has 1 unspecified atom stereocenters. The predicted molar refractivity (Wildman–Crippen MR) is 89.4 cm³/mol. The number of benzene rings is 1. The molecule has 1 aromatic carbocycles. The molecular formula is C16H19N5OS. The molecule has 1 aliphatic rings. The van der Waals surface area contributed by atoms with Gasteiger partial charge in [-0.2, -0.15) is 9.64 Å². The molecule has 1 N–H and O–H groups in total. The number of β-amino-alcohol motifs (C(OH)–C–C–N with tert-alkyl or cyclic N) is 1. The van der Waals surface area contributed by atoms with Gasteiger partial charge in [-0.1, -0.05) is 12.1 Å². The molecule has 1 fully saturated rings. The van der Waals surface area contributed by atoms with Crippen molar-refractivity contribution in [3.63, 3.8) is 0 Å². The van der Waals surface area contributed by atoms with Crippen LogP contribution in [0.3, 0.4) is 0 Å². The highest BCUT2D eigenvalue weighted by Crippen LogP contribution is 2.20. The Morgan fingerprint density at radius 1 is 1.26 bits per heavy atom. The molecule has 0 bridgehead atoms. The second kappa shape index (κ2) is 7.04. The molecule has 2 aromatic rings. The summed E-state index contributed by atoms with van der Waals surface area (Å²) in [7, 11) is 0. The molecule has 6 nitrogen and oxygen atoms in total. The molecule has 3 rings (SSSR count). The van der Waals surface area contributed by atoms with Crippen molar-refractivity contribution in [2.45, 2.75) is 13.0 Å². The van der Waals surface area contributed by atoms with E-state index in [2.05, 4.69) is 25.2 Å². The first-order chi connectivity index (χ1) is 11.2. The van der Waals surface area contributed by atoms with Gasteiger partial charge in [0.25, 0.3) is 0 Å². The highest BCUT2D eigenvalue weighted by atomic mass is 32.1. The van der Waals surface area contributed by atoms with Gasteiger partial charge in [0.1, 0.15) is 5.82 Å². The Labute approximate surface area is 139 Å². The number of rotatable bonds is 4. The maximum atomic E-state index is 10.4. The molecular weight excluding hydrogens is 310 g/mol. The van der Waals surface area contributed by atoms with E-state index < -0.39 is 6.10 Å². The third-order valence-electron chi connectivity index (χ3n) is 4.02. The van der Waals surface area contributed by atoms with Crippen molar-refractivity contribution in [1.82, 2.24) is 14.3 Å². The summed E-state index contributed by atoms with van der Waals surface area (Å²) in [5.41, 5.74) is 1.47. The van der Waals surface area contributed by atoms with Crippen LogP contribution in [-0.2, 0) is 0 Å². The van der Waals surface area contributed by atoms with Gasteiger partial charge >= 0.3 is 0 Å². The summed E-state index contributed by atoms with van der Waals surface area (Å²) in [5.74, 6) is 0.823. The Hall–Kier alpha value is -2.01. The lowest BCUT2D eigenvalue weighted by Gasteiger charge is -2.35. The summed E-state index contributed by atoms with van der Waals surface area (Å²) in [4.78, 5) is 8.93. The number of aliphatic hydroxyl groups excluding tert-OH is 1. The summed E-state index contributed by atoms with van der Waals surface area (Å²) in [6, 6.07) is 9.22. The van der Waals surface area contributed by atoms with E-state index in [0.29, 0.717) is 12.1 Å². The Kier molecular flexibility index (Phi) is 4.86. The van der Waals surface area contributed by atoms with Crippen molar-refractivity contribution in [1.29, 1.82) is 5.26 Å². The second-order valence-corrected chi connectivity index (χ2v) is 6.39. The molecule has 0 amide bonds. The summed E-state index contributed by atoms with van der Waals surface area (Å²) < 4.78 is 4.23. The van der Waals surface area contributed by atoms with E-state index >= 15 is 0 Å². The number of aryl methyl sites for hydroxylation is 1. The lowest BCUT2D eigenvalue weighted by molar-refractivity contribution is 0.109. The molecule has 0 spiro atoms. The van der Waals surface area contributed by atoms with Crippen molar-refractivity contribution in [3.8, 4) is 6.07 Å². The number of nitriles is 1. The van der Waals surface area contributed by atoms with Gasteiger partial charge in [-0.25, -0.2) is 4.98 Å². The Bertz CT molecular complexity index is 685. The Morgan fingerprint density at radius 3 is 2.52 bits per heavy atom. The number of piperazine rings is 1. The van der Waals surface area contributed by atoms with Crippen LogP contribution in [0.4, 0.5) is 5.13 Å². The van der Waals surface area contributed by atoms with Crippen LogP contribution in [0, 0.1) is 18.3 Å². The molecule has 1 atom stereocenters. The summed E-state index contributed by atoms with van der Waals surface area (Å²) in [6.45, 7) is 6.10. The SMILES string of the molecule is Cc1nsc(N2CCN(CC(O)c3ccc(C#N)cc3)CC2)n1. The van der Waals surface area contributed by atoms with E-state index in [4.69, 9.17) is 5.26 Å². The number of anilines is 1. The Balaban J connectivity index is 1.52. The molecule has 1 saturated heterocycles. The van der Waals surface area contributed by atoms with Crippen LogP contribution in [0.5, 0.6) is 0 Å². The van der Waals surface area contributed by atoms with E-state index in [-0.39, 0.29) is 0 Å². The van der Waals surface area contributed by atoms with Crippen molar-refractivity contribution in [2.24, 2.45) is 0 Å². The lowest BCUT2D eigenvalue weighted by atomic mass is 10.1. The molecule has 0 saturated carbocycles. The van der Waals surface area contributed by atoms with Crippen LogP contribution in [0.1, 0.15) is 23.1 Å². The monoisotopic (exact) mass is 329 g/mol. The zero-order valence-corrected chi connectivity index (χ0v) is 13.8. The fourth-order valence-electron chi connectivity index (χ4n) is 2.67. The zero-order valence-electron chi connectivity index (χ0n) is 13.0. The minimum atomic E-state index is -0.530. The van der Waals surface area contributed by atoms with Crippen LogP contribution < -0.4 is 4.90 Å². The summed E-state index contributed by atoms with van der Waals surface area (Å²) >= 11 is 1.44. The predicted octanol–water partition coefficient (Wildman–Crippen LogP) is 1.57. The smallest absolute Gasteiger partial charge is 0.205 e. The molecule has 1 aromatic heterocycles. The number of hydrogen-bond donors (Lipinski definition) is 1.